The van der Waals surface area contributed by atoms with Crippen LogP contribution in [0.3, 0.4) is 0 Å². The third-order valence-corrected chi connectivity index (χ3v) is 3.54. The van der Waals surface area contributed by atoms with Crippen LogP contribution in [0.1, 0.15) is 66.7 Å². The number of hydrogen-bond donors (Lipinski definition) is 0. The number of carbonyl (C=O) groups is 1. The number of carbonyl (C=O) groups excluding carboxylic acids is 1. The topological polar surface area (TPSA) is 20.3 Å². The van der Waals surface area contributed by atoms with Crippen LogP contribution < -0.4 is 0 Å². The summed E-state index contributed by atoms with van der Waals surface area (Å²) in [7, 11) is 0. The zero-order valence-corrected chi connectivity index (χ0v) is 12.0. The maximum atomic E-state index is 12.5. The molecule has 0 radical (unpaired) electrons. The van der Waals surface area contributed by atoms with Crippen LogP contribution in [0.2, 0.25) is 0 Å². The van der Waals surface area contributed by atoms with Crippen LogP contribution in [0, 0.1) is 0 Å². The second-order valence-electron chi connectivity index (χ2n) is 5.44. The van der Waals surface area contributed by atoms with Crippen LogP contribution in [-0.4, -0.2) is 22.9 Å². The van der Waals surface area contributed by atoms with Crippen molar-refractivity contribution in [1.29, 1.82) is 0 Å². The Kier molecular flexibility index (Phi) is 5.23. The molecule has 0 aromatic carbocycles. The van der Waals surface area contributed by atoms with Gasteiger partial charge in [0.25, 0.3) is 0 Å². The van der Waals surface area contributed by atoms with Crippen LogP contribution in [0.15, 0.2) is 11.1 Å². The summed E-state index contributed by atoms with van der Waals surface area (Å²) in [6.45, 7) is 10.8. The van der Waals surface area contributed by atoms with E-state index >= 15 is 0 Å². The Bertz CT molecular complexity index is 304. The van der Waals surface area contributed by atoms with E-state index in [4.69, 9.17) is 0 Å². The molecule has 17 heavy (non-hydrogen) atoms. The van der Waals surface area contributed by atoms with Gasteiger partial charge in [-0.3, -0.25) is 4.79 Å². The molecule has 0 saturated carbocycles. The molecule has 0 unspecified atom stereocenters. The fraction of sp³-hybridized carbons (Fsp3) is 0.800. The zero-order valence-electron chi connectivity index (χ0n) is 12.0. The quantitative estimate of drug-likeness (QED) is 0.710. The van der Waals surface area contributed by atoms with Gasteiger partial charge in [0.1, 0.15) is 0 Å². The highest BCUT2D eigenvalue weighted by Crippen LogP contribution is 2.31. The second-order valence-corrected chi connectivity index (χ2v) is 5.44. The van der Waals surface area contributed by atoms with Crippen LogP contribution in [0.5, 0.6) is 0 Å². The van der Waals surface area contributed by atoms with E-state index in [0.29, 0.717) is 18.0 Å². The Hall–Kier alpha value is -0.790. The third-order valence-electron chi connectivity index (χ3n) is 3.54. The highest BCUT2D eigenvalue weighted by molar-refractivity contribution is 5.95. The minimum atomic E-state index is 0.295. The van der Waals surface area contributed by atoms with Gasteiger partial charge in [0.05, 0.1) is 0 Å². The molecule has 0 aromatic rings. The molecule has 1 rings (SSSR count). The highest BCUT2D eigenvalue weighted by Gasteiger charge is 2.32. The van der Waals surface area contributed by atoms with Gasteiger partial charge in [0.2, 0.25) is 5.91 Å². The van der Waals surface area contributed by atoms with E-state index in [0.717, 1.165) is 37.7 Å². The number of rotatable bonds is 5. The first kappa shape index (κ1) is 14.3. The van der Waals surface area contributed by atoms with E-state index in [2.05, 4.69) is 39.5 Å². The lowest BCUT2D eigenvalue weighted by Crippen LogP contribution is -2.47. The minimum Gasteiger partial charge on any atom is -0.333 e. The van der Waals surface area contributed by atoms with Crippen molar-refractivity contribution in [2.45, 2.75) is 78.8 Å². The average molecular weight is 237 g/mol. The predicted octanol–water partition coefficient (Wildman–Crippen LogP) is 3.91. The first-order valence-electron chi connectivity index (χ1n) is 7.06. The number of hydrogen-bond acceptors (Lipinski definition) is 1. The Morgan fingerprint density at radius 3 is 2.29 bits per heavy atom. The lowest BCUT2D eigenvalue weighted by Gasteiger charge is -2.39. The van der Waals surface area contributed by atoms with Gasteiger partial charge < -0.3 is 4.90 Å². The van der Waals surface area contributed by atoms with Crippen molar-refractivity contribution in [1.82, 2.24) is 4.90 Å². The van der Waals surface area contributed by atoms with Gasteiger partial charge in [0.15, 0.2) is 0 Å². The largest absolute Gasteiger partial charge is 0.333 e. The van der Waals surface area contributed by atoms with Crippen LogP contribution in [0.4, 0.5) is 0 Å². The summed E-state index contributed by atoms with van der Waals surface area (Å²) in [5.41, 5.74) is 2.53. The Morgan fingerprint density at radius 1 is 1.24 bits per heavy atom. The summed E-state index contributed by atoms with van der Waals surface area (Å²) in [5.74, 6) is 0.295. The molecule has 1 amide bonds. The maximum Gasteiger partial charge on any atom is 0.250 e. The average Bonchev–Trinajstić information content (AvgIpc) is 2.23. The summed E-state index contributed by atoms with van der Waals surface area (Å²) in [6, 6.07) is 0.678. The van der Waals surface area contributed by atoms with Crippen LogP contribution in [-0.2, 0) is 4.79 Å². The second kappa shape index (κ2) is 6.23. The van der Waals surface area contributed by atoms with Crippen molar-refractivity contribution < 1.29 is 4.79 Å². The fourth-order valence-corrected chi connectivity index (χ4v) is 2.92. The molecule has 2 nitrogen and oxygen atoms in total. The van der Waals surface area contributed by atoms with Gasteiger partial charge in [-0.2, -0.15) is 0 Å². The molecule has 0 aromatic heterocycles. The summed E-state index contributed by atoms with van der Waals surface area (Å²) in [6.07, 6.45) is 5.33. The minimum absolute atomic E-state index is 0.295. The molecular weight excluding hydrogens is 210 g/mol. The van der Waals surface area contributed by atoms with Gasteiger partial charge in [-0.15, -0.1) is 0 Å². The van der Waals surface area contributed by atoms with E-state index < -0.39 is 0 Å². The molecule has 1 atom stereocenters. The lowest BCUT2D eigenvalue weighted by atomic mass is 9.88. The molecule has 0 aliphatic carbocycles. The predicted molar refractivity (Wildman–Crippen MR) is 72.9 cm³/mol. The van der Waals surface area contributed by atoms with E-state index in [-0.39, 0.29) is 0 Å². The highest BCUT2D eigenvalue weighted by atomic mass is 16.2. The van der Waals surface area contributed by atoms with Gasteiger partial charge in [-0.25, -0.2) is 0 Å². The van der Waals surface area contributed by atoms with Gasteiger partial charge in [-0.1, -0.05) is 32.3 Å². The standard InChI is InChI=1S/C15H27NO/c1-6-8-13-10-12(5)16(11(3)4)15(17)14(13)9-7-2/h11-12H,6-10H2,1-5H3/t12-/m1/s1. The Morgan fingerprint density at radius 2 is 1.82 bits per heavy atom. The van der Waals surface area contributed by atoms with Crippen molar-refractivity contribution in [3.63, 3.8) is 0 Å². The SMILES string of the molecule is CCCC1=C(CCC)C(=O)N(C(C)C)[C@H](C)C1. The molecular formula is C15H27NO. The summed E-state index contributed by atoms with van der Waals surface area (Å²) in [5, 5.41) is 0. The van der Waals surface area contributed by atoms with E-state index in [1.54, 1.807) is 0 Å². The third kappa shape index (κ3) is 3.11. The lowest BCUT2D eigenvalue weighted by molar-refractivity contribution is -0.132. The number of nitrogens with zero attached hydrogens (tertiary/aromatic N) is 1. The monoisotopic (exact) mass is 237 g/mol. The van der Waals surface area contributed by atoms with E-state index in [1.165, 1.54) is 5.57 Å². The maximum absolute atomic E-state index is 12.5. The molecule has 1 heterocycles. The van der Waals surface area contributed by atoms with E-state index in [1.807, 2.05) is 0 Å². The molecule has 0 fully saturated rings. The summed E-state index contributed by atoms with van der Waals surface area (Å²) >= 11 is 0. The Balaban J connectivity index is 3.02. The van der Waals surface area contributed by atoms with Crippen molar-refractivity contribution in [3.05, 3.63) is 11.1 Å². The molecule has 0 bridgehead atoms. The van der Waals surface area contributed by atoms with Gasteiger partial charge in [-0.05, 0) is 40.0 Å². The fourth-order valence-electron chi connectivity index (χ4n) is 2.92. The van der Waals surface area contributed by atoms with Crippen LogP contribution in [0.25, 0.3) is 0 Å². The van der Waals surface area contributed by atoms with Crippen molar-refractivity contribution in [2.75, 3.05) is 0 Å². The van der Waals surface area contributed by atoms with Crippen LogP contribution >= 0.6 is 0 Å². The summed E-state index contributed by atoms with van der Waals surface area (Å²) in [4.78, 5) is 14.6. The molecule has 0 spiro atoms. The molecule has 1 aliphatic rings. The molecule has 0 saturated heterocycles. The van der Waals surface area contributed by atoms with Gasteiger partial charge >= 0.3 is 0 Å². The Labute approximate surface area is 106 Å². The van der Waals surface area contributed by atoms with Crippen molar-refractivity contribution in [2.24, 2.45) is 0 Å². The normalized spacial score (nSPS) is 21.6. The van der Waals surface area contributed by atoms with E-state index in [9.17, 15) is 4.79 Å². The molecule has 98 valence electrons. The zero-order chi connectivity index (χ0) is 13.0. The van der Waals surface area contributed by atoms with Crippen molar-refractivity contribution in [3.8, 4) is 0 Å². The first-order chi connectivity index (χ1) is 8.02. The first-order valence-corrected chi connectivity index (χ1v) is 7.06. The molecule has 0 N–H and O–H groups in total. The number of amides is 1. The summed E-state index contributed by atoms with van der Waals surface area (Å²) < 4.78 is 0. The van der Waals surface area contributed by atoms with Gasteiger partial charge in [0, 0.05) is 17.7 Å². The smallest absolute Gasteiger partial charge is 0.250 e. The molecule has 1 aliphatic heterocycles. The van der Waals surface area contributed by atoms with Crippen molar-refractivity contribution >= 4 is 5.91 Å². The molecule has 2 heteroatoms.